The van der Waals surface area contributed by atoms with Crippen molar-refractivity contribution in [2.75, 3.05) is 0 Å². The van der Waals surface area contributed by atoms with Gasteiger partial charge in [0, 0.05) is 17.3 Å². The molecule has 2 atom stereocenters. The summed E-state index contributed by atoms with van der Waals surface area (Å²) in [6.07, 6.45) is -1.91. The van der Waals surface area contributed by atoms with Crippen molar-refractivity contribution < 1.29 is 22.3 Å². The molecule has 3 nitrogen and oxygen atoms in total. The third-order valence-electron chi connectivity index (χ3n) is 4.22. The number of hydrogen-bond donors (Lipinski definition) is 0. The SMILES string of the molecule is Cc1cc(C2=N[C@@H](C)[C@H](C)Oc3c2ccc(F)c3F)cnc1C(F)F. The van der Waals surface area contributed by atoms with Crippen LogP contribution >= 0.6 is 0 Å². The second-order valence-corrected chi connectivity index (χ2v) is 6.01. The molecule has 2 aromatic rings. The van der Waals surface area contributed by atoms with E-state index in [4.69, 9.17) is 4.74 Å². The number of aromatic nitrogens is 1. The second kappa shape index (κ2) is 6.46. The van der Waals surface area contributed by atoms with Gasteiger partial charge in [-0.3, -0.25) is 9.98 Å². The van der Waals surface area contributed by atoms with Gasteiger partial charge < -0.3 is 4.74 Å². The zero-order valence-electron chi connectivity index (χ0n) is 13.9. The molecule has 0 amide bonds. The van der Waals surface area contributed by atoms with E-state index >= 15 is 0 Å². The summed E-state index contributed by atoms with van der Waals surface area (Å²) < 4.78 is 59.2. The number of hydrogen-bond acceptors (Lipinski definition) is 3. The summed E-state index contributed by atoms with van der Waals surface area (Å²) in [4.78, 5) is 8.33. The molecule has 0 unspecified atom stereocenters. The van der Waals surface area contributed by atoms with Crippen molar-refractivity contribution in [2.45, 2.75) is 39.3 Å². The monoisotopic (exact) mass is 352 g/mol. The molecule has 25 heavy (non-hydrogen) atoms. The largest absolute Gasteiger partial charge is 0.485 e. The maximum absolute atomic E-state index is 14.2. The summed E-state index contributed by atoms with van der Waals surface area (Å²) in [5.41, 5.74) is 1.02. The highest BCUT2D eigenvalue weighted by Gasteiger charge is 2.28. The van der Waals surface area contributed by atoms with Gasteiger partial charge in [-0.05, 0) is 44.5 Å². The fraction of sp³-hybridized carbons (Fsp3) is 0.333. The summed E-state index contributed by atoms with van der Waals surface area (Å²) in [6.45, 7) is 5.00. The number of rotatable bonds is 2. The van der Waals surface area contributed by atoms with Crippen molar-refractivity contribution in [3.8, 4) is 5.75 Å². The topological polar surface area (TPSA) is 34.5 Å². The minimum atomic E-state index is -2.69. The van der Waals surface area contributed by atoms with Crippen LogP contribution in [0, 0.1) is 18.6 Å². The van der Waals surface area contributed by atoms with Gasteiger partial charge in [0.2, 0.25) is 5.82 Å². The Hall–Kier alpha value is -2.44. The maximum Gasteiger partial charge on any atom is 0.280 e. The Kier molecular flexibility index (Phi) is 4.49. The average Bonchev–Trinajstić information content (AvgIpc) is 2.68. The third kappa shape index (κ3) is 3.10. The number of aliphatic imine (C=N–C) groups is 1. The highest BCUT2D eigenvalue weighted by molar-refractivity contribution is 6.14. The standard InChI is InChI=1S/C18H16F4N2O/c1-8-6-11(7-23-15(8)18(21)22)16-12-4-5-13(19)14(20)17(12)25-10(3)9(2)24-16/h4-7,9-10,18H,1-3H3/t9-,10-/m0/s1. The molecule has 0 saturated carbocycles. The van der Waals surface area contributed by atoms with Gasteiger partial charge in [-0.1, -0.05) is 0 Å². The average molecular weight is 352 g/mol. The van der Waals surface area contributed by atoms with E-state index in [9.17, 15) is 17.6 Å². The van der Waals surface area contributed by atoms with E-state index in [0.717, 1.165) is 6.07 Å². The van der Waals surface area contributed by atoms with Gasteiger partial charge in [-0.15, -0.1) is 0 Å². The molecule has 1 aromatic heterocycles. The molecular formula is C18H16F4N2O. The molecule has 0 aliphatic carbocycles. The number of benzene rings is 1. The van der Waals surface area contributed by atoms with Crippen LogP contribution in [0.4, 0.5) is 17.6 Å². The number of halogens is 4. The molecule has 1 aliphatic rings. The van der Waals surface area contributed by atoms with Crippen molar-refractivity contribution >= 4 is 5.71 Å². The molecule has 0 bridgehead atoms. The van der Waals surface area contributed by atoms with Crippen molar-refractivity contribution in [3.05, 3.63) is 58.4 Å². The molecule has 2 heterocycles. The Morgan fingerprint density at radius 1 is 1.16 bits per heavy atom. The Morgan fingerprint density at radius 2 is 1.88 bits per heavy atom. The molecule has 0 spiro atoms. The number of alkyl halides is 2. The molecule has 0 radical (unpaired) electrons. The van der Waals surface area contributed by atoms with Crippen LogP contribution < -0.4 is 4.74 Å². The lowest BCUT2D eigenvalue weighted by Crippen LogP contribution is -2.24. The van der Waals surface area contributed by atoms with Crippen LogP contribution in [0.1, 0.15) is 42.7 Å². The van der Waals surface area contributed by atoms with Crippen LogP contribution in [0.15, 0.2) is 29.4 Å². The molecule has 0 fully saturated rings. The van der Waals surface area contributed by atoms with E-state index in [0.29, 0.717) is 16.8 Å². The van der Waals surface area contributed by atoms with E-state index in [1.807, 2.05) is 0 Å². The Morgan fingerprint density at radius 3 is 2.52 bits per heavy atom. The Balaban J connectivity index is 2.20. The summed E-state index contributed by atoms with van der Waals surface area (Å²) >= 11 is 0. The zero-order chi connectivity index (χ0) is 18.3. The quantitative estimate of drug-likeness (QED) is 0.740. The van der Waals surface area contributed by atoms with Crippen LogP contribution in [-0.2, 0) is 0 Å². The fourth-order valence-corrected chi connectivity index (χ4v) is 2.67. The van der Waals surface area contributed by atoms with E-state index in [1.54, 1.807) is 13.8 Å². The van der Waals surface area contributed by atoms with Gasteiger partial charge in [0.15, 0.2) is 11.6 Å². The zero-order valence-corrected chi connectivity index (χ0v) is 13.9. The normalized spacial score (nSPS) is 19.9. The van der Waals surface area contributed by atoms with Gasteiger partial charge in [0.05, 0.1) is 11.8 Å². The van der Waals surface area contributed by atoms with Gasteiger partial charge >= 0.3 is 0 Å². The minimum Gasteiger partial charge on any atom is -0.485 e. The first kappa shape index (κ1) is 17.4. The second-order valence-electron chi connectivity index (χ2n) is 6.01. The van der Waals surface area contributed by atoms with Crippen molar-refractivity contribution in [3.63, 3.8) is 0 Å². The van der Waals surface area contributed by atoms with Crippen molar-refractivity contribution in [1.82, 2.24) is 4.98 Å². The predicted octanol–water partition coefficient (Wildman–Crippen LogP) is 4.61. The van der Waals surface area contributed by atoms with E-state index in [1.165, 1.54) is 25.3 Å². The lowest BCUT2D eigenvalue weighted by Gasteiger charge is -2.16. The maximum atomic E-state index is 14.2. The first-order chi connectivity index (χ1) is 11.8. The van der Waals surface area contributed by atoms with Gasteiger partial charge in [0.25, 0.3) is 6.43 Å². The van der Waals surface area contributed by atoms with Crippen LogP contribution in [0.25, 0.3) is 0 Å². The molecular weight excluding hydrogens is 336 g/mol. The highest BCUT2D eigenvalue weighted by atomic mass is 19.3. The van der Waals surface area contributed by atoms with Crippen LogP contribution in [-0.4, -0.2) is 22.8 Å². The smallest absolute Gasteiger partial charge is 0.280 e. The van der Waals surface area contributed by atoms with Crippen LogP contribution in [0.5, 0.6) is 5.75 Å². The molecule has 132 valence electrons. The minimum absolute atomic E-state index is 0.230. The number of ether oxygens (including phenoxy) is 1. The van der Waals surface area contributed by atoms with E-state index in [2.05, 4.69) is 9.98 Å². The van der Waals surface area contributed by atoms with Crippen LogP contribution in [0.2, 0.25) is 0 Å². The number of fused-ring (bicyclic) bond motifs is 1. The van der Waals surface area contributed by atoms with Crippen molar-refractivity contribution in [2.24, 2.45) is 4.99 Å². The van der Waals surface area contributed by atoms with E-state index < -0.39 is 24.2 Å². The van der Waals surface area contributed by atoms with Gasteiger partial charge in [0.1, 0.15) is 11.8 Å². The Labute approximate surface area is 142 Å². The van der Waals surface area contributed by atoms with Gasteiger partial charge in [-0.2, -0.15) is 4.39 Å². The van der Waals surface area contributed by atoms with Crippen molar-refractivity contribution in [1.29, 1.82) is 0 Å². The fourth-order valence-electron chi connectivity index (χ4n) is 2.67. The first-order valence-electron chi connectivity index (χ1n) is 7.77. The lowest BCUT2D eigenvalue weighted by atomic mass is 10.0. The van der Waals surface area contributed by atoms with Gasteiger partial charge in [-0.25, -0.2) is 13.2 Å². The summed E-state index contributed by atoms with van der Waals surface area (Å²) in [5.74, 6) is -2.35. The van der Waals surface area contributed by atoms with Crippen LogP contribution in [0.3, 0.4) is 0 Å². The summed E-state index contributed by atoms with van der Waals surface area (Å²) in [5, 5.41) is 0. The van der Waals surface area contributed by atoms with E-state index in [-0.39, 0.29) is 23.0 Å². The lowest BCUT2D eigenvalue weighted by molar-refractivity contribution is 0.145. The summed E-state index contributed by atoms with van der Waals surface area (Å²) in [6, 6.07) is 3.52. The third-order valence-corrected chi connectivity index (χ3v) is 4.22. The number of aryl methyl sites for hydroxylation is 1. The molecule has 1 aliphatic heterocycles. The molecule has 7 heteroatoms. The molecule has 1 aromatic carbocycles. The molecule has 0 saturated heterocycles. The Bertz CT molecular complexity index is 851. The summed E-state index contributed by atoms with van der Waals surface area (Å²) in [7, 11) is 0. The molecule has 0 N–H and O–H groups in total. The number of pyridine rings is 1. The number of nitrogens with zero attached hydrogens (tertiary/aromatic N) is 2. The predicted molar refractivity (Wildman–Crippen MR) is 85.5 cm³/mol. The highest BCUT2D eigenvalue weighted by Crippen LogP contribution is 2.32. The molecule has 3 rings (SSSR count). The first-order valence-corrected chi connectivity index (χ1v) is 7.77.